The van der Waals surface area contributed by atoms with Crippen LogP contribution in [0, 0.1) is 5.92 Å². The van der Waals surface area contributed by atoms with E-state index in [1.54, 1.807) is 13.8 Å². The van der Waals surface area contributed by atoms with Gasteiger partial charge >= 0.3 is 6.18 Å². The fraction of sp³-hybridized carbons (Fsp3) is 0.929. The van der Waals surface area contributed by atoms with Crippen LogP contribution in [0.15, 0.2) is 0 Å². The molecule has 1 amide bonds. The highest BCUT2D eigenvalue weighted by Gasteiger charge is 2.51. The molecule has 0 aromatic rings. The van der Waals surface area contributed by atoms with E-state index in [4.69, 9.17) is 10.2 Å². The monoisotopic (exact) mass is 327 g/mol. The van der Waals surface area contributed by atoms with Crippen LogP contribution in [0.1, 0.15) is 47.5 Å². The maximum Gasteiger partial charge on any atom is 0.391 e. The van der Waals surface area contributed by atoms with E-state index in [1.807, 2.05) is 33.9 Å². The molecule has 0 spiro atoms. The summed E-state index contributed by atoms with van der Waals surface area (Å²) in [5, 5.41) is -0.254. The van der Waals surface area contributed by atoms with E-state index in [2.05, 4.69) is 0 Å². The minimum absolute atomic E-state index is 0.254. The zero-order valence-corrected chi connectivity index (χ0v) is 15.0. The average Bonchev–Trinajstić information content (AvgIpc) is 2.09. The van der Waals surface area contributed by atoms with E-state index in [0.717, 1.165) is 0 Å². The molecule has 126 valence electrons. The highest BCUT2D eigenvalue weighted by atomic mass is 28.4. The third-order valence-electron chi connectivity index (χ3n) is 4.29. The largest absolute Gasteiger partial charge is 0.410 e. The van der Waals surface area contributed by atoms with Crippen LogP contribution >= 0.6 is 0 Å². The van der Waals surface area contributed by atoms with E-state index in [-0.39, 0.29) is 5.04 Å². The van der Waals surface area contributed by atoms with Crippen molar-refractivity contribution >= 4 is 14.2 Å². The van der Waals surface area contributed by atoms with E-state index >= 15 is 0 Å². The van der Waals surface area contributed by atoms with Gasteiger partial charge < -0.3 is 10.2 Å². The summed E-state index contributed by atoms with van der Waals surface area (Å²) in [5.41, 5.74) is 3.60. The van der Waals surface area contributed by atoms with Crippen molar-refractivity contribution in [2.75, 3.05) is 0 Å². The first kappa shape index (κ1) is 20.4. The molecule has 0 bridgehead atoms. The number of rotatable bonds is 6. The molecule has 0 aliphatic heterocycles. The number of halogens is 3. The summed E-state index contributed by atoms with van der Waals surface area (Å²) in [7, 11) is -2.48. The average molecular weight is 327 g/mol. The maximum absolute atomic E-state index is 13.0. The molecule has 1 atom stereocenters. The van der Waals surface area contributed by atoms with Crippen LogP contribution in [-0.4, -0.2) is 26.0 Å². The molecule has 0 fully saturated rings. The Morgan fingerprint density at radius 3 is 1.86 bits per heavy atom. The Kier molecular flexibility index (Phi) is 6.11. The minimum atomic E-state index is -4.41. The van der Waals surface area contributed by atoms with Crippen LogP contribution in [0.25, 0.3) is 0 Å². The van der Waals surface area contributed by atoms with Crippen molar-refractivity contribution in [3.05, 3.63) is 0 Å². The maximum atomic E-state index is 13.0. The van der Waals surface area contributed by atoms with Gasteiger partial charge in [0.2, 0.25) is 5.91 Å². The van der Waals surface area contributed by atoms with Crippen LogP contribution < -0.4 is 5.73 Å². The van der Waals surface area contributed by atoms with Crippen molar-refractivity contribution in [3.8, 4) is 0 Å². The summed E-state index contributed by atoms with van der Waals surface area (Å²) < 4.78 is 45.1. The van der Waals surface area contributed by atoms with Crippen molar-refractivity contribution in [1.82, 2.24) is 0 Å². The Morgan fingerprint density at radius 1 is 1.19 bits per heavy atom. The predicted molar refractivity (Wildman–Crippen MR) is 80.3 cm³/mol. The summed E-state index contributed by atoms with van der Waals surface area (Å²) in [5.74, 6) is -1.24. The van der Waals surface area contributed by atoms with Gasteiger partial charge in [-0.1, -0.05) is 34.6 Å². The molecule has 7 heteroatoms. The van der Waals surface area contributed by atoms with Gasteiger partial charge in [0.1, 0.15) is 0 Å². The number of nitrogens with two attached hydrogens (primary N) is 1. The zero-order chi connectivity index (χ0) is 17.3. The van der Waals surface area contributed by atoms with Gasteiger partial charge in [-0.15, -0.1) is 0 Å². The van der Waals surface area contributed by atoms with Crippen molar-refractivity contribution in [3.63, 3.8) is 0 Å². The van der Waals surface area contributed by atoms with Gasteiger partial charge in [0.15, 0.2) is 8.32 Å². The van der Waals surface area contributed by atoms with Crippen LogP contribution in [0.4, 0.5) is 13.2 Å². The topological polar surface area (TPSA) is 52.3 Å². The number of amides is 1. The number of carbonyl (C=O) groups is 1. The van der Waals surface area contributed by atoms with Gasteiger partial charge in [-0.2, -0.15) is 13.2 Å². The number of hydrogen-bond acceptors (Lipinski definition) is 2. The Morgan fingerprint density at radius 2 is 1.62 bits per heavy atom. The van der Waals surface area contributed by atoms with Crippen LogP contribution in [0.2, 0.25) is 18.1 Å². The molecule has 0 saturated heterocycles. The Balaban J connectivity index is 5.73. The van der Waals surface area contributed by atoms with Crippen molar-refractivity contribution in [2.45, 2.75) is 77.4 Å². The number of carbonyl (C=O) groups excluding carboxylic acids is 1. The lowest BCUT2D eigenvalue weighted by Gasteiger charge is -2.47. The molecule has 0 aromatic heterocycles. The lowest BCUT2D eigenvalue weighted by molar-refractivity contribution is -0.183. The van der Waals surface area contributed by atoms with Gasteiger partial charge in [-0.05, 0) is 24.1 Å². The lowest BCUT2D eigenvalue weighted by Crippen LogP contribution is -2.55. The second-order valence-electron chi connectivity index (χ2n) is 7.52. The third kappa shape index (κ3) is 5.98. The van der Waals surface area contributed by atoms with E-state index in [0.29, 0.717) is 0 Å². The molecule has 0 heterocycles. The van der Waals surface area contributed by atoms with Gasteiger partial charge in [0.25, 0.3) is 0 Å². The Hall–Kier alpha value is -0.563. The third-order valence-corrected chi connectivity index (χ3v) is 8.82. The SMILES string of the molecule is CC(C)C(CC(N)=O)(CC(F)(F)F)O[Si](C)(C)C(C)(C)C. The van der Waals surface area contributed by atoms with Crippen molar-refractivity contribution in [1.29, 1.82) is 0 Å². The molecular formula is C14H28F3NO2Si. The molecule has 0 radical (unpaired) electrons. The molecule has 3 nitrogen and oxygen atoms in total. The molecule has 0 aliphatic rings. The van der Waals surface area contributed by atoms with Crippen molar-refractivity contribution in [2.24, 2.45) is 11.7 Å². The second kappa shape index (κ2) is 6.28. The summed E-state index contributed by atoms with van der Waals surface area (Å²) in [4.78, 5) is 11.3. The minimum Gasteiger partial charge on any atom is -0.410 e. The fourth-order valence-corrected chi connectivity index (χ4v) is 3.66. The quantitative estimate of drug-likeness (QED) is 0.742. The number of alkyl halides is 3. The summed E-state index contributed by atoms with van der Waals surface area (Å²) in [6, 6.07) is 0. The van der Waals surface area contributed by atoms with Crippen LogP contribution in [0.5, 0.6) is 0 Å². The molecule has 0 aromatic carbocycles. The lowest BCUT2D eigenvalue weighted by atomic mass is 9.83. The molecule has 2 N–H and O–H groups in total. The Bertz CT molecular complexity index is 375. The van der Waals surface area contributed by atoms with Crippen LogP contribution in [0.3, 0.4) is 0 Å². The molecule has 0 saturated carbocycles. The summed E-state index contributed by atoms with van der Waals surface area (Å²) in [6.07, 6.45) is -5.99. The molecular weight excluding hydrogens is 299 g/mol. The highest BCUT2D eigenvalue weighted by molar-refractivity contribution is 6.74. The molecule has 0 aliphatic carbocycles. The predicted octanol–water partition coefficient (Wildman–Crippen LogP) is 4.23. The molecule has 21 heavy (non-hydrogen) atoms. The van der Waals surface area contributed by atoms with Gasteiger partial charge in [0.05, 0.1) is 18.4 Å². The standard InChI is InChI=1S/C14H28F3NO2Si/c1-10(2)13(8-11(18)19,9-14(15,16)17)20-21(6,7)12(3,4)5/h10H,8-9H2,1-7H3,(H2,18,19). The second-order valence-corrected chi connectivity index (χ2v) is 12.2. The van der Waals surface area contributed by atoms with E-state index in [1.165, 1.54) is 0 Å². The Labute approximate surface area is 126 Å². The van der Waals surface area contributed by atoms with Crippen LogP contribution in [-0.2, 0) is 9.22 Å². The van der Waals surface area contributed by atoms with Crippen molar-refractivity contribution < 1.29 is 22.4 Å². The first-order valence-electron chi connectivity index (χ1n) is 7.08. The number of hydrogen-bond donors (Lipinski definition) is 1. The summed E-state index contributed by atoms with van der Waals surface area (Å²) in [6.45, 7) is 12.9. The molecule has 0 rings (SSSR count). The molecule has 1 unspecified atom stereocenters. The number of primary amides is 1. The van der Waals surface area contributed by atoms with Gasteiger partial charge in [-0.25, -0.2) is 0 Å². The first-order valence-corrected chi connectivity index (χ1v) is 9.98. The first-order chi connectivity index (χ1) is 9.02. The zero-order valence-electron chi connectivity index (χ0n) is 14.0. The highest BCUT2D eigenvalue weighted by Crippen LogP contribution is 2.45. The smallest absolute Gasteiger partial charge is 0.391 e. The fourth-order valence-electron chi connectivity index (χ4n) is 1.96. The normalized spacial score (nSPS) is 16.9. The summed E-state index contributed by atoms with van der Waals surface area (Å²) >= 11 is 0. The van der Waals surface area contributed by atoms with Gasteiger partial charge in [0, 0.05) is 0 Å². The van der Waals surface area contributed by atoms with Gasteiger partial charge in [-0.3, -0.25) is 4.79 Å². The van der Waals surface area contributed by atoms with E-state index in [9.17, 15) is 18.0 Å². The van der Waals surface area contributed by atoms with E-state index < -0.39 is 44.8 Å².